The second-order valence-corrected chi connectivity index (χ2v) is 8.12. The van der Waals surface area contributed by atoms with Crippen molar-refractivity contribution in [3.63, 3.8) is 0 Å². The number of nitrogens with zero attached hydrogens (tertiary/aromatic N) is 1. The van der Waals surface area contributed by atoms with Crippen molar-refractivity contribution in [3.8, 4) is 5.75 Å². The van der Waals surface area contributed by atoms with Gasteiger partial charge in [-0.1, -0.05) is 53.7 Å². The van der Waals surface area contributed by atoms with Crippen LogP contribution in [-0.2, 0) is 21.3 Å². The molecule has 0 spiro atoms. The highest BCUT2D eigenvalue weighted by Crippen LogP contribution is 2.21. The quantitative estimate of drug-likeness (QED) is 0.345. The van der Waals surface area contributed by atoms with E-state index in [4.69, 9.17) is 9.57 Å². The Morgan fingerprint density at radius 1 is 0.968 bits per heavy atom. The van der Waals surface area contributed by atoms with E-state index in [1.807, 2.05) is 31.2 Å². The van der Waals surface area contributed by atoms with Gasteiger partial charge in [-0.15, -0.1) is 12.4 Å². The van der Waals surface area contributed by atoms with Gasteiger partial charge in [0.15, 0.2) is 0 Å². The predicted octanol–water partition coefficient (Wildman–Crippen LogP) is 4.90. The minimum atomic E-state index is -3.63. The maximum atomic E-state index is 12.5. The Hall–Kier alpha value is -3.03. The van der Waals surface area contributed by atoms with Crippen molar-refractivity contribution in [2.45, 2.75) is 18.2 Å². The van der Waals surface area contributed by atoms with Crippen LogP contribution < -0.4 is 9.46 Å². The Labute approximate surface area is 189 Å². The first-order chi connectivity index (χ1) is 14.6. The van der Waals surface area contributed by atoms with Crippen molar-refractivity contribution >= 4 is 34.3 Å². The van der Waals surface area contributed by atoms with Crippen molar-refractivity contribution in [1.29, 1.82) is 0 Å². The SMILES string of the molecule is CCON=Cc1ccc(CCOc2cccc(NS(=O)(=O)c3ccccc3)c2)cc1.Cl. The summed E-state index contributed by atoms with van der Waals surface area (Å²) in [4.78, 5) is 5.17. The van der Waals surface area contributed by atoms with Crippen molar-refractivity contribution < 1.29 is 18.0 Å². The minimum Gasteiger partial charge on any atom is -0.493 e. The van der Waals surface area contributed by atoms with E-state index in [9.17, 15) is 8.42 Å². The summed E-state index contributed by atoms with van der Waals surface area (Å²) in [7, 11) is -3.63. The molecule has 0 fully saturated rings. The van der Waals surface area contributed by atoms with Gasteiger partial charge in [0.05, 0.1) is 23.4 Å². The number of anilines is 1. The van der Waals surface area contributed by atoms with Crippen molar-refractivity contribution in [2.24, 2.45) is 5.16 Å². The Bertz CT molecular complexity index is 1070. The number of ether oxygens (including phenoxy) is 1. The first kappa shape index (κ1) is 24.2. The molecular formula is C23H25ClN2O4S. The largest absolute Gasteiger partial charge is 0.493 e. The van der Waals surface area contributed by atoms with Gasteiger partial charge in [-0.05, 0) is 42.3 Å². The fourth-order valence-corrected chi connectivity index (χ4v) is 3.76. The van der Waals surface area contributed by atoms with Gasteiger partial charge >= 0.3 is 0 Å². The molecule has 0 amide bonds. The van der Waals surface area contributed by atoms with Crippen LogP contribution in [0.1, 0.15) is 18.1 Å². The molecule has 0 unspecified atom stereocenters. The summed E-state index contributed by atoms with van der Waals surface area (Å²) >= 11 is 0. The van der Waals surface area contributed by atoms with E-state index in [0.29, 0.717) is 24.7 Å². The number of hydrogen-bond acceptors (Lipinski definition) is 5. The molecule has 31 heavy (non-hydrogen) atoms. The van der Waals surface area contributed by atoms with Crippen molar-refractivity contribution in [1.82, 2.24) is 0 Å². The first-order valence-corrected chi connectivity index (χ1v) is 11.1. The number of rotatable bonds is 10. The van der Waals surface area contributed by atoms with Gasteiger partial charge in [0.2, 0.25) is 0 Å². The zero-order valence-corrected chi connectivity index (χ0v) is 18.7. The molecule has 164 valence electrons. The fraction of sp³-hybridized carbons (Fsp3) is 0.174. The van der Waals surface area contributed by atoms with E-state index in [1.54, 1.807) is 60.8 Å². The maximum Gasteiger partial charge on any atom is 0.261 e. The van der Waals surface area contributed by atoms with Crippen LogP contribution in [0, 0.1) is 0 Å². The van der Waals surface area contributed by atoms with Crippen LogP contribution in [0.5, 0.6) is 5.75 Å². The van der Waals surface area contributed by atoms with E-state index in [1.165, 1.54) is 0 Å². The summed E-state index contributed by atoms with van der Waals surface area (Å²) in [6.07, 6.45) is 2.40. The molecule has 0 radical (unpaired) electrons. The lowest BCUT2D eigenvalue weighted by molar-refractivity contribution is 0.160. The number of hydrogen-bond donors (Lipinski definition) is 1. The third-order valence-corrected chi connectivity index (χ3v) is 5.58. The second-order valence-electron chi connectivity index (χ2n) is 6.44. The molecule has 6 nitrogen and oxygen atoms in total. The molecule has 3 aromatic carbocycles. The number of oxime groups is 1. The maximum absolute atomic E-state index is 12.5. The summed E-state index contributed by atoms with van der Waals surface area (Å²) in [6.45, 7) is 2.90. The number of halogens is 1. The number of benzene rings is 3. The van der Waals surface area contributed by atoms with E-state index in [0.717, 1.165) is 17.5 Å². The first-order valence-electron chi connectivity index (χ1n) is 9.62. The molecular weight excluding hydrogens is 436 g/mol. The molecule has 0 saturated heterocycles. The summed E-state index contributed by atoms with van der Waals surface area (Å²) in [5.74, 6) is 0.601. The van der Waals surface area contributed by atoms with Crippen LogP contribution in [-0.4, -0.2) is 27.8 Å². The van der Waals surface area contributed by atoms with Gasteiger partial charge in [-0.2, -0.15) is 0 Å². The minimum absolute atomic E-state index is 0. The van der Waals surface area contributed by atoms with E-state index in [2.05, 4.69) is 9.88 Å². The third-order valence-electron chi connectivity index (χ3n) is 4.18. The zero-order chi connectivity index (χ0) is 21.2. The van der Waals surface area contributed by atoms with Crippen LogP contribution in [0.3, 0.4) is 0 Å². The van der Waals surface area contributed by atoms with Gasteiger partial charge in [-0.25, -0.2) is 8.42 Å². The Morgan fingerprint density at radius 2 is 1.71 bits per heavy atom. The van der Waals surface area contributed by atoms with E-state index < -0.39 is 10.0 Å². The summed E-state index contributed by atoms with van der Waals surface area (Å²) in [6, 6.07) is 23.1. The number of sulfonamides is 1. The molecule has 0 atom stereocenters. The molecule has 0 saturated carbocycles. The van der Waals surface area contributed by atoms with Gasteiger partial charge < -0.3 is 9.57 Å². The summed E-state index contributed by atoms with van der Waals surface area (Å²) in [5.41, 5.74) is 2.55. The predicted molar refractivity (Wildman–Crippen MR) is 126 cm³/mol. The van der Waals surface area contributed by atoms with Crippen LogP contribution in [0.25, 0.3) is 0 Å². The zero-order valence-electron chi connectivity index (χ0n) is 17.1. The Balaban J connectivity index is 0.00000341. The highest BCUT2D eigenvalue weighted by Gasteiger charge is 2.13. The highest BCUT2D eigenvalue weighted by molar-refractivity contribution is 7.92. The van der Waals surface area contributed by atoms with E-state index in [-0.39, 0.29) is 17.3 Å². The molecule has 0 bridgehead atoms. The lowest BCUT2D eigenvalue weighted by Crippen LogP contribution is -2.12. The molecule has 3 rings (SSSR count). The van der Waals surface area contributed by atoms with Gasteiger partial charge in [0.1, 0.15) is 12.4 Å². The second kappa shape index (κ2) is 12.0. The molecule has 0 aromatic heterocycles. The number of nitrogens with one attached hydrogen (secondary N) is 1. The van der Waals surface area contributed by atoms with Gasteiger partial charge in [-0.3, -0.25) is 4.72 Å². The van der Waals surface area contributed by atoms with Crippen LogP contribution in [0.2, 0.25) is 0 Å². The molecule has 3 aromatic rings. The Morgan fingerprint density at radius 3 is 2.42 bits per heavy atom. The van der Waals surface area contributed by atoms with Crippen LogP contribution in [0.15, 0.2) is 88.9 Å². The fourth-order valence-electron chi connectivity index (χ4n) is 2.69. The molecule has 0 heterocycles. The normalized spacial score (nSPS) is 11.0. The standard InChI is InChI=1S/C23H24N2O4S.ClH/c1-2-29-24-18-20-13-11-19(12-14-20)15-16-28-22-8-6-7-21(17-22)25-30(26,27)23-9-4-3-5-10-23;/h3-14,17-18,25H,2,15-16H2,1H3;1H. The average molecular weight is 461 g/mol. The summed E-state index contributed by atoms with van der Waals surface area (Å²) < 4.78 is 33.3. The van der Waals surface area contributed by atoms with Crippen molar-refractivity contribution in [3.05, 3.63) is 90.0 Å². The lowest BCUT2D eigenvalue weighted by atomic mass is 10.1. The van der Waals surface area contributed by atoms with E-state index >= 15 is 0 Å². The average Bonchev–Trinajstić information content (AvgIpc) is 2.76. The third kappa shape index (κ3) is 7.62. The van der Waals surface area contributed by atoms with Crippen molar-refractivity contribution in [2.75, 3.05) is 17.9 Å². The topological polar surface area (TPSA) is 77.0 Å². The Kier molecular flexibility index (Phi) is 9.37. The summed E-state index contributed by atoms with van der Waals surface area (Å²) in [5, 5.41) is 3.85. The lowest BCUT2D eigenvalue weighted by Gasteiger charge is -2.11. The smallest absolute Gasteiger partial charge is 0.261 e. The highest BCUT2D eigenvalue weighted by atomic mass is 35.5. The molecule has 0 aliphatic rings. The van der Waals surface area contributed by atoms with Crippen LogP contribution in [0.4, 0.5) is 5.69 Å². The van der Waals surface area contributed by atoms with Gasteiger partial charge in [0.25, 0.3) is 10.0 Å². The monoisotopic (exact) mass is 460 g/mol. The molecule has 1 N–H and O–H groups in total. The van der Waals surface area contributed by atoms with Gasteiger partial charge in [0, 0.05) is 12.5 Å². The molecule has 0 aliphatic heterocycles. The molecule has 8 heteroatoms. The van der Waals surface area contributed by atoms with Crippen LogP contribution >= 0.6 is 12.4 Å². The molecule has 0 aliphatic carbocycles.